The van der Waals surface area contributed by atoms with Gasteiger partial charge in [0.15, 0.2) is 0 Å². The third-order valence-corrected chi connectivity index (χ3v) is 5.57. The summed E-state index contributed by atoms with van der Waals surface area (Å²) in [6, 6.07) is 1.90. The average molecular weight is 391 g/mol. The number of hydrogen-bond acceptors (Lipinski definition) is 7. The molecule has 1 aromatic heterocycles. The van der Waals surface area contributed by atoms with Crippen LogP contribution >= 0.6 is 0 Å². The molecule has 1 aromatic rings. The van der Waals surface area contributed by atoms with Crippen molar-refractivity contribution in [2.75, 3.05) is 32.1 Å². The third-order valence-electron chi connectivity index (χ3n) is 5.57. The van der Waals surface area contributed by atoms with Gasteiger partial charge in [0.2, 0.25) is 0 Å². The van der Waals surface area contributed by atoms with E-state index in [4.69, 9.17) is 15.9 Å². The fourth-order valence-corrected chi connectivity index (χ4v) is 3.90. The Morgan fingerprint density at radius 3 is 2.75 bits per heavy atom. The van der Waals surface area contributed by atoms with E-state index in [-0.39, 0.29) is 17.7 Å². The molecule has 0 spiro atoms. The van der Waals surface area contributed by atoms with Gasteiger partial charge in [-0.15, -0.1) is 0 Å². The number of hydrogen-bond donors (Lipinski definition) is 2. The number of allylic oxidation sites excluding steroid dienone is 1. The van der Waals surface area contributed by atoms with Crippen molar-refractivity contribution in [3.63, 3.8) is 0 Å². The molecule has 0 saturated carbocycles. The van der Waals surface area contributed by atoms with Crippen molar-refractivity contribution in [2.24, 2.45) is 11.7 Å². The number of rotatable bonds is 6. The van der Waals surface area contributed by atoms with Gasteiger partial charge in [0.25, 0.3) is 0 Å². The van der Waals surface area contributed by atoms with Gasteiger partial charge in [-0.25, -0.2) is 14.4 Å². The van der Waals surface area contributed by atoms with Crippen LogP contribution in [-0.4, -0.2) is 66.0 Å². The Bertz CT molecular complexity index is 737. The maximum atomic E-state index is 14.2. The van der Waals surface area contributed by atoms with Crippen molar-refractivity contribution in [1.29, 1.82) is 5.41 Å². The van der Waals surface area contributed by atoms with Crippen LogP contribution in [0.4, 0.5) is 10.2 Å². The first-order chi connectivity index (χ1) is 13.3. The summed E-state index contributed by atoms with van der Waals surface area (Å²) >= 11 is 0. The molecule has 2 aliphatic rings. The SMILES string of the molecule is CC(C)OC1CC(C(N)c2cc(N3CCC(N(C)C)C3)ncn2)C(=N)C=C1F. The van der Waals surface area contributed by atoms with Crippen LogP contribution in [0.1, 0.15) is 38.4 Å². The number of nitrogens with one attached hydrogen (secondary N) is 1. The summed E-state index contributed by atoms with van der Waals surface area (Å²) in [6.07, 6.45) is 3.43. The van der Waals surface area contributed by atoms with Gasteiger partial charge in [-0.2, -0.15) is 0 Å². The zero-order chi connectivity index (χ0) is 20.4. The van der Waals surface area contributed by atoms with E-state index in [1.165, 1.54) is 12.4 Å². The topological polar surface area (TPSA) is 91.4 Å². The van der Waals surface area contributed by atoms with E-state index in [0.717, 1.165) is 25.3 Å². The molecule has 0 aromatic carbocycles. The van der Waals surface area contributed by atoms with E-state index < -0.39 is 18.0 Å². The highest BCUT2D eigenvalue weighted by atomic mass is 19.1. The summed E-state index contributed by atoms with van der Waals surface area (Å²) in [5.41, 5.74) is 7.33. The largest absolute Gasteiger partial charge is 0.368 e. The zero-order valence-corrected chi connectivity index (χ0v) is 17.1. The van der Waals surface area contributed by atoms with E-state index in [2.05, 4.69) is 33.9 Å². The molecule has 3 rings (SSSR count). The predicted octanol–water partition coefficient (Wildman–Crippen LogP) is 2.30. The van der Waals surface area contributed by atoms with Gasteiger partial charge in [-0.3, -0.25) is 0 Å². The average Bonchev–Trinajstić information content (AvgIpc) is 3.14. The first-order valence-electron chi connectivity index (χ1n) is 9.86. The summed E-state index contributed by atoms with van der Waals surface area (Å²) in [5, 5.41) is 8.21. The van der Waals surface area contributed by atoms with Crippen LogP contribution in [0.5, 0.6) is 0 Å². The summed E-state index contributed by atoms with van der Waals surface area (Å²) < 4.78 is 19.9. The third kappa shape index (κ3) is 4.56. The normalized spacial score (nSPS) is 26.9. The molecule has 7 nitrogen and oxygen atoms in total. The Labute approximate surface area is 166 Å². The highest BCUT2D eigenvalue weighted by Crippen LogP contribution is 2.33. The van der Waals surface area contributed by atoms with Crippen molar-refractivity contribution in [2.45, 2.75) is 51.0 Å². The molecule has 1 saturated heterocycles. The molecule has 0 bridgehead atoms. The fourth-order valence-electron chi connectivity index (χ4n) is 3.90. The molecule has 154 valence electrons. The van der Waals surface area contributed by atoms with Gasteiger partial charge in [-0.05, 0) is 46.9 Å². The number of likely N-dealkylation sites (N-methyl/N-ethyl adjacent to an activating group) is 1. The molecule has 2 heterocycles. The van der Waals surface area contributed by atoms with Crippen LogP contribution < -0.4 is 10.6 Å². The molecule has 3 N–H and O–H groups in total. The molecule has 1 aliphatic heterocycles. The Morgan fingerprint density at radius 2 is 2.11 bits per heavy atom. The first kappa shape index (κ1) is 20.8. The molecule has 8 heteroatoms. The molecule has 0 radical (unpaired) electrons. The molecular formula is C20H31FN6O. The van der Waals surface area contributed by atoms with E-state index in [1.807, 2.05) is 19.9 Å². The molecule has 4 atom stereocenters. The van der Waals surface area contributed by atoms with Crippen molar-refractivity contribution in [3.8, 4) is 0 Å². The van der Waals surface area contributed by atoms with E-state index >= 15 is 0 Å². The minimum Gasteiger partial charge on any atom is -0.368 e. The van der Waals surface area contributed by atoms with Gasteiger partial charge in [0, 0.05) is 36.8 Å². The molecule has 1 fully saturated rings. The highest BCUT2D eigenvalue weighted by molar-refractivity contribution is 5.96. The van der Waals surface area contributed by atoms with Gasteiger partial charge in [0.1, 0.15) is 24.1 Å². The van der Waals surface area contributed by atoms with Crippen LogP contribution in [0.15, 0.2) is 24.3 Å². The maximum absolute atomic E-state index is 14.2. The first-order valence-corrected chi connectivity index (χ1v) is 9.86. The number of anilines is 1. The maximum Gasteiger partial charge on any atom is 0.132 e. The van der Waals surface area contributed by atoms with Crippen molar-refractivity contribution >= 4 is 11.5 Å². The van der Waals surface area contributed by atoms with E-state index in [0.29, 0.717) is 18.2 Å². The second-order valence-corrected chi connectivity index (χ2v) is 8.18. The number of aromatic nitrogens is 2. The van der Waals surface area contributed by atoms with Crippen molar-refractivity contribution in [3.05, 3.63) is 30.0 Å². The lowest BCUT2D eigenvalue weighted by molar-refractivity contribution is 0.00475. The van der Waals surface area contributed by atoms with Crippen molar-refractivity contribution in [1.82, 2.24) is 14.9 Å². The summed E-state index contributed by atoms with van der Waals surface area (Å²) in [6.45, 7) is 5.59. The standard InChI is InChI=1S/C20H31FN6O/c1-12(2)28-18-7-14(16(22)8-15(18)21)20(23)17-9-19(25-11-24-17)27-6-5-13(10-27)26(3)4/h8-9,11-14,18,20,22H,5-7,10,23H2,1-4H3. The predicted molar refractivity (Wildman–Crippen MR) is 108 cm³/mol. The highest BCUT2D eigenvalue weighted by Gasteiger charge is 2.35. The fraction of sp³-hybridized carbons (Fsp3) is 0.650. The molecule has 0 amide bonds. The van der Waals surface area contributed by atoms with Crippen LogP contribution in [0, 0.1) is 11.3 Å². The number of ether oxygens (including phenoxy) is 1. The Morgan fingerprint density at radius 1 is 1.36 bits per heavy atom. The van der Waals surface area contributed by atoms with E-state index in [9.17, 15) is 4.39 Å². The van der Waals surface area contributed by atoms with Crippen LogP contribution in [0.3, 0.4) is 0 Å². The van der Waals surface area contributed by atoms with Crippen LogP contribution in [0.2, 0.25) is 0 Å². The van der Waals surface area contributed by atoms with E-state index in [1.54, 1.807) is 0 Å². The smallest absolute Gasteiger partial charge is 0.132 e. The monoisotopic (exact) mass is 390 g/mol. The summed E-state index contributed by atoms with van der Waals surface area (Å²) in [5.74, 6) is 0.0975. The van der Waals surface area contributed by atoms with Gasteiger partial charge < -0.3 is 25.7 Å². The number of nitrogens with two attached hydrogens (primary N) is 1. The Kier molecular flexibility index (Phi) is 6.42. The second kappa shape index (κ2) is 8.63. The van der Waals surface area contributed by atoms with Gasteiger partial charge in [-0.1, -0.05) is 0 Å². The lowest BCUT2D eigenvalue weighted by atomic mass is 9.83. The zero-order valence-electron chi connectivity index (χ0n) is 17.1. The number of nitrogens with zero attached hydrogens (tertiary/aromatic N) is 4. The Hall–Kier alpha value is -1.90. The van der Waals surface area contributed by atoms with Gasteiger partial charge >= 0.3 is 0 Å². The summed E-state index contributed by atoms with van der Waals surface area (Å²) in [4.78, 5) is 13.2. The lowest BCUT2D eigenvalue weighted by Gasteiger charge is -2.31. The minimum absolute atomic E-state index is 0.0984. The molecule has 4 unspecified atom stereocenters. The summed E-state index contributed by atoms with van der Waals surface area (Å²) in [7, 11) is 4.18. The molecule has 1 aliphatic carbocycles. The minimum atomic E-state index is -0.661. The lowest BCUT2D eigenvalue weighted by Crippen LogP contribution is -2.36. The molecule has 28 heavy (non-hydrogen) atoms. The van der Waals surface area contributed by atoms with Crippen LogP contribution in [0.25, 0.3) is 0 Å². The van der Waals surface area contributed by atoms with Crippen molar-refractivity contribution < 1.29 is 9.13 Å². The second-order valence-electron chi connectivity index (χ2n) is 8.18. The quantitative estimate of drug-likeness (QED) is 0.774. The van der Waals surface area contributed by atoms with Crippen LogP contribution in [-0.2, 0) is 4.74 Å². The van der Waals surface area contributed by atoms with Gasteiger partial charge in [0.05, 0.1) is 17.8 Å². The number of halogens is 1. The Balaban J connectivity index is 1.75. The molecular weight excluding hydrogens is 359 g/mol.